The molecule has 0 aromatic heterocycles. The van der Waals surface area contributed by atoms with Crippen LogP contribution in [0.3, 0.4) is 0 Å². The number of ether oxygens (including phenoxy) is 1. The van der Waals surface area contributed by atoms with E-state index in [4.69, 9.17) is 4.74 Å². The predicted molar refractivity (Wildman–Crippen MR) is 80.9 cm³/mol. The van der Waals surface area contributed by atoms with Crippen LogP contribution in [0.4, 0.5) is 0 Å². The lowest BCUT2D eigenvalue weighted by Gasteiger charge is -2.26. The molecule has 1 atom stereocenters. The average Bonchev–Trinajstić information content (AvgIpc) is 2.43. The van der Waals surface area contributed by atoms with Crippen molar-refractivity contribution in [3.05, 3.63) is 58.1 Å². The minimum absolute atomic E-state index is 0.0140. The van der Waals surface area contributed by atoms with Gasteiger partial charge >= 0.3 is 5.97 Å². The Morgan fingerprint density at radius 1 is 1.05 bits per heavy atom. The Kier molecular flexibility index (Phi) is 3.20. The van der Waals surface area contributed by atoms with Crippen molar-refractivity contribution in [1.82, 2.24) is 0 Å². The Labute approximate surface area is 124 Å². The fraction of sp³-hybridized carbons (Fsp3) is 0.278. The third kappa shape index (κ3) is 2.40. The van der Waals surface area contributed by atoms with E-state index in [-0.39, 0.29) is 17.6 Å². The lowest BCUT2D eigenvalue weighted by Crippen LogP contribution is -2.21. The molecule has 3 rings (SSSR count). The molecule has 108 valence electrons. The van der Waals surface area contributed by atoms with Crippen molar-refractivity contribution in [2.24, 2.45) is 0 Å². The predicted octanol–water partition coefficient (Wildman–Crippen LogP) is 3.76. The number of phenols is 1. The number of aryl methyl sites for hydroxylation is 3. The Morgan fingerprint density at radius 2 is 1.76 bits per heavy atom. The second kappa shape index (κ2) is 4.92. The van der Waals surface area contributed by atoms with E-state index in [9.17, 15) is 9.90 Å². The normalized spacial score (nSPS) is 17.3. The summed E-state index contributed by atoms with van der Waals surface area (Å²) in [5.74, 6) is 0.712. The van der Waals surface area contributed by atoms with Gasteiger partial charge in [-0.1, -0.05) is 18.2 Å². The first-order valence-electron chi connectivity index (χ1n) is 7.07. The van der Waals surface area contributed by atoms with Gasteiger partial charge in [0.2, 0.25) is 0 Å². The Morgan fingerprint density at radius 3 is 2.48 bits per heavy atom. The molecule has 0 bridgehead atoms. The van der Waals surface area contributed by atoms with E-state index < -0.39 is 0 Å². The number of phenolic OH excluding ortho intramolecular Hbond substituents is 1. The van der Waals surface area contributed by atoms with Gasteiger partial charge in [-0.15, -0.1) is 0 Å². The second-order valence-corrected chi connectivity index (χ2v) is 5.75. The van der Waals surface area contributed by atoms with E-state index >= 15 is 0 Å². The molecule has 1 unspecified atom stereocenters. The van der Waals surface area contributed by atoms with Crippen LogP contribution in [0.25, 0.3) is 0 Å². The minimum Gasteiger partial charge on any atom is -0.508 e. The number of hydrogen-bond acceptors (Lipinski definition) is 3. The van der Waals surface area contributed by atoms with E-state index in [1.807, 2.05) is 32.0 Å². The second-order valence-electron chi connectivity index (χ2n) is 5.75. The summed E-state index contributed by atoms with van der Waals surface area (Å²) in [6.45, 7) is 5.93. The van der Waals surface area contributed by atoms with Gasteiger partial charge in [-0.2, -0.15) is 0 Å². The molecule has 0 amide bonds. The van der Waals surface area contributed by atoms with Crippen LogP contribution in [-0.4, -0.2) is 11.1 Å². The number of benzene rings is 2. The van der Waals surface area contributed by atoms with E-state index in [0.29, 0.717) is 12.2 Å². The molecule has 21 heavy (non-hydrogen) atoms. The van der Waals surface area contributed by atoms with Gasteiger partial charge in [0.25, 0.3) is 0 Å². The summed E-state index contributed by atoms with van der Waals surface area (Å²) in [7, 11) is 0. The van der Waals surface area contributed by atoms with Crippen LogP contribution in [0.1, 0.15) is 40.2 Å². The standard InChI is InChI=1S/C18H18O3/c1-10-7-15-14(13-4-5-16(19)12(3)6-13)9-18(20)21-17(15)8-11(10)2/h4-8,14,19H,9H2,1-3H3. The number of esters is 1. The van der Waals surface area contributed by atoms with E-state index in [0.717, 1.165) is 22.3 Å². The highest BCUT2D eigenvalue weighted by atomic mass is 16.5. The van der Waals surface area contributed by atoms with Crippen LogP contribution in [0, 0.1) is 20.8 Å². The maximum Gasteiger partial charge on any atom is 0.312 e. The van der Waals surface area contributed by atoms with E-state index in [1.165, 1.54) is 5.56 Å². The number of carbonyl (C=O) groups is 1. The van der Waals surface area contributed by atoms with Crippen LogP contribution in [-0.2, 0) is 4.79 Å². The van der Waals surface area contributed by atoms with Crippen molar-refractivity contribution in [3.63, 3.8) is 0 Å². The molecule has 0 spiro atoms. The molecule has 0 saturated heterocycles. The Hall–Kier alpha value is -2.29. The van der Waals surface area contributed by atoms with Gasteiger partial charge in [0.15, 0.2) is 0 Å². The first kappa shape index (κ1) is 13.7. The van der Waals surface area contributed by atoms with Crippen molar-refractivity contribution in [1.29, 1.82) is 0 Å². The highest BCUT2D eigenvalue weighted by Crippen LogP contribution is 2.40. The molecule has 0 aliphatic carbocycles. The molecule has 1 N–H and O–H groups in total. The molecule has 0 radical (unpaired) electrons. The number of rotatable bonds is 1. The van der Waals surface area contributed by atoms with Gasteiger partial charge in [-0.3, -0.25) is 4.79 Å². The van der Waals surface area contributed by atoms with Crippen LogP contribution in [0.15, 0.2) is 30.3 Å². The minimum atomic E-state index is -0.207. The van der Waals surface area contributed by atoms with E-state index in [1.54, 1.807) is 6.07 Å². The molecule has 1 aliphatic heterocycles. The van der Waals surface area contributed by atoms with Gasteiger partial charge in [-0.05, 0) is 55.2 Å². The zero-order valence-corrected chi connectivity index (χ0v) is 12.4. The molecule has 3 nitrogen and oxygen atoms in total. The molecule has 2 aromatic rings. The summed E-state index contributed by atoms with van der Waals surface area (Å²) in [5, 5.41) is 9.68. The summed E-state index contributed by atoms with van der Waals surface area (Å²) in [4.78, 5) is 11.9. The summed E-state index contributed by atoms with van der Waals surface area (Å²) in [6.07, 6.45) is 0.333. The van der Waals surface area contributed by atoms with Crippen molar-refractivity contribution >= 4 is 5.97 Å². The smallest absolute Gasteiger partial charge is 0.312 e. The number of carbonyl (C=O) groups excluding carboxylic acids is 1. The van der Waals surface area contributed by atoms with Crippen molar-refractivity contribution < 1.29 is 14.6 Å². The molecule has 0 fully saturated rings. The fourth-order valence-corrected chi connectivity index (χ4v) is 2.81. The molecular weight excluding hydrogens is 264 g/mol. The SMILES string of the molecule is Cc1cc2c(cc1C)C(c1ccc(O)c(C)c1)CC(=O)O2. The summed E-state index contributed by atoms with van der Waals surface area (Å²) >= 11 is 0. The van der Waals surface area contributed by atoms with Gasteiger partial charge in [-0.25, -0.2) is 0 Å². The van der Waals surface area contributed by atoms with Crippen LogP contribution >= 0.6 is 0 Å². The first-order chi connectivity index (χ1) is 9.95. The highest BCUT2D eigenvalue weighted by Gasteiger charge is 2.29. The summed E-state index contributed by atoms with van der Waals surface area (Å²) in [5.41, 5.74) is 5.20. The van der Waals surface area contributed by atoms with Crippen molar-refractivity contribution in [2.45, 2.75) is 33.1 Å². The van der Waals surface area contributed by atoms with Crippen molar-refractivity contribution in [2.75, 3.05) is 0 Å². The quantitative estimate of drug-likeness (QED) is 0.640. The van der Waals surface area contributed by atoms with Gasteiger partial charge in [0, 0.05) is 11.5 Å². The molecule has 2 aromatic carbocycles. The molecule has 0 saturated carbocycles. The van der Waals surface area contributed by atoms with E-state index in [2.05, 4.69) is 13.0 Å². The molecule has 3 heteroatoms. The third-order valence-corrected chi connectivity index (χ3v) is 4.22. The van der Waals surface area contributed by atoms with Gasteiger partial charge in [0.05, 0.1) is 6.42 Å². The summed E-state index contributed by atoms with van der Waals surface area (Å²) in [6, 6.07) is 9.54. The highest BCUT2D eigenvalue weighted by molar-refractivity contribution is 5.78. The monoisotopic (exact) mass is 282 g/mol. The maximum absolute atomic E-state index is 11.9. The number of fused-ring (bicyclic) bond motifs is 1. The van der Waals surface area contributed by atoms with Gasteiger partial charge in [0.1, 0.15) is 11.5 Å². The molecular formula is C18H18O3. The average molecular weight is 282 g/mol. The van der Waals surface area contributed by atoms with Gasteiger partial charge < -0.3 is 9.84 Å². The summed E-state index contributed by atoms with van der Waals surface area (Å²) < 4.78 is 5.39. The molecule has 1 heterocycles. The topological polar surface area (TPSA) is 46.5 Å². The Balaban J connectivity index is 2.14. The number of hydrogen-bond donors (Lipinski definition) is 1. The lowest BCUT2D eigenvalue weighted by atomic mass is 9.84. The Bertz CT molecular complexity index is 731. The first-order valence-corrected chi connectivity index (χ1v) is 7.07. The van der Waals surface area contributed by atoms with Crippen LogP contribution < -0.4 is 4.74 Å². The third-order valence-electron chi connectivity index (χ3n) is 4.22. The largest absolute Gasteiger partial charge is 0.508 e. The zero-order chi connectivity index (χ0) is 15.1. The zero-order valence-electron chi connectivity index (χ0n) is 12.4. The fourth-order valence-electron chi connectivity index (χ4n) is 2.81. The van der Waals surface area contributed by atoms with Crippen LogP contribution in [0.2, 0.25) is 0 Å². The molecule has 1 aliphatic rings. The number of aromatic hydroxyl groups is 1. The van der Waals surface area contributed by atoms with Crippen LogP contribution in [0.5, 0.6) is 11.5 Å². The van der Waals surface area contributed by atoms with Crippen molar-refractivity contribution in [3.8, 4) is 11.5 Å². The maximum atomic E-state index is 11.9. The lowest BCUT2D eigenvalue weighted by molar-refractivity contribution is -0.135.